The van der Waals surface area contributed by atoms with E-state index in [-0.39, 0.29) is 50.8 Å². The minimum atomic E-state index is -3.66. The summed E-state index contributed by atoms with van der Waals surface area (Å²) in [5, 5.41) is 4.85. The number of rotatable bonds is 7. The number of hydrogen-bond acceptors (Lipinski definition) is 9. The van der Waals surface area contributed by atoms with Crippen LogP contribution >= 0.6 is 0 Å². The molecule has 0 fully saturated rings. The van der Waals surface area contributed by atoms with E-state index in [1.165, 1.54) is 54.5 Å². The molecule has 0 saturated carbocycles. The van der Waals surface area contributed by atoms with Gasteiger partial charge in [-0.2, -0.15) is 5.10 Å². The molecule has 3 aromatic heterocycles. The number of halogens is 2. The van der Waals surface area contributed by atoms with Gasteiger partial charge in [-0.3, -0.25) is 9.52 Å². The van der Waals surface area contributed by atoms with Gasteiger partial charge in [0.1, 0.15) is 58.0 Å². The Bertz CT molecular complexity index is 2270. The Hall–Kier alpha value is -5.37. The van der Waals surface area contributed by atoms with Crippen LogP contribution < -0.4 is 20.6 Å². The van der Waals surface area contributed by atoms with Crippen molar-refractivity contribution in [1.29, 1.82) is 0 Å². The van der Waals surface area contributed by atoms with Gasteiger partial charge in [0, 0.05) is 5.56 Å². The Balaban J connectivity index is 1.62. The predicted molar refractivity (Wildman–Crippen MR) is 162 cm³/mol. The van der Waals surface area contributed by atoms with E-state index < -0.39 is 33.1 Å². The van der Waals surface area contributed by atoms with Crippen LogP contribution in [0.3, 0.4) is 0 Å². The first-order valence-corrected chi connectivity index (χ1v) is 15.0. The van der Waals surface area contributed by atoms with Crippen LogP contribution in [0, 0.1) is 11.6 Å². The van der Waals surface area contributed by atoms with E-state index in [4.69, 9.17) is 20.0 Å². The van der Waals surface area contributed by atoms with Gasteiger partial charge >= 0.3 is 0 Å². The lowest BCUT2D eigenvalue weighted by Gasteiger charge is -2.17. The lowest BCUT2D eigenvalue weighted by molar-refractivity contribution is 0.417. The fourth-order valence-corrected chi connectivity index (χ4v) is 5.70. The molecule has 14 heteroatoms. The summed E-state index contributed by atoms with van der Waals surface area (Å²) in [6.07, 6.45) is 2.26. The van der Waals surface area contributed by atoms with Crippen LogP contribution in [0.4, 0.5) is 20.3 Å². The zero-order valence-electron chi connectivity index (χ0n) is 23.5. The van der Waals surface area contributed by atoms with E-state index in [1.54, 1.807) is 19.1 Å². The summed E-state index contributed by atoms with van der Waals surface area (Å²) in [5.41, 5.74) is 6.91. The number of nitrogens with one attached hydrogen (secondary N) is 1. The number of sulfonamides is 1. The molecule has 0 aliphatic carbocycles. The van der Waals surface area contributed by atoms with Gasteiger partial charge in [0.2, 0.25) is 15.5 Å². The van der Waals surface area contributed by atoms with Crippen molar-refractivity contribution in [2.75, 3.05) is 23.8 Å². The topological polar surface area (TPSA) is 155 Å². The number of nitrogens with zero attached hydrogens (tertiary/aromatic N) is 4. The van der Waals surface area contributed by atoms with Crippen molar-refractivity contribution in [2.45, 2.75) is 13.0 Å². The number of methoxy groups -OCH3 is 1. The number of ether oxygens (including phenoxy) is 1. The largest absolute Gasteiger partial charge is 0.495 e. The molecule has 6 aromatic rings. The molecule has 44 heavy (non-hydrogen) atoms. The Morgan fingerprint density at radius 1 is 1.02 bits per heavy atom. The molecule has 3 aromatic carbocycles. The van der Waals surface area contributed by atoms with Crippen LogP contribution in [-0.4, -0.2) is 41.5 Å². The van der Waals surface area contributed by atoms with Crippen LogP contribution in [0.5, 0.6) is 5.75 Å². The highest BCUT2D eigenvalue weighted by Crippen LogP contribution is 2.38. The predicted octanol–water partition coefficient (Wildman–Crippen LogP) is 5.12. The Morgan fingerprint density at radius 2 is 1.80 bits per heavy atom. The third-order valence-electron chi connectivity index (χ3n) is 7.04. The van der Waals surface area contributed by atoms with E-state index >= 15 is 0 Å². The molecule has 1 unspecified atom stereocenters. The van der Waals surface area contributed by atoms with E-state index in [0.29, 0.717) is 16.6 Å². The van der Waals surface area contributed by atoms with Crippen LogP contribution in [0.25, 0.3) is 44.4 Å². The summed E-state index contributed by atoms with van der Waals surface area (Å²) >= 11 is 0. The second kappa shape index (κ2) is 10.7. The summed E-state index contributed by atoms with van der Waals surface area (Å²) < 4.78 is 68.7. The smallest absolute Gasteiger partial charge is 0.229 e. The third kappa shape index (κ3) is 4.98. The molecule has 0 amide bonds. The molecule has 0 bridgehead atoms. The molecule has 0 spiro atoms. The number of nitrogen functional groups attached to an aromatic ring is 1. The molecule has 6 rings (SSSR count). The number of hydrogen-bond donors (Lipinski definition) is 2. The highest BCUT2D eigenvalue weighted by Gasteiger charge is 2.28. The number of nitrogens with two attached hydrogens (primary N) is 1. The standard InChI is InChI=1S/C30H24F2N6O5S/c1-15(28-23(16-6-4-7-18(31)12-16)27(39)24-19(32)8-5-9-22(24)43-28)38-30-25(29(33)34-14-35-30)26(36-38)17-10-11-21(42-2)20(13-17)37-44(3,40)41/h4-15,37H,1-3H3,(H2,33,34,35). The molecule has 3 N–H and O–H groups in total. The average molecular weight is 619 g/mol. The first kappa shape index (κ1) is 28.7. The van der Waals surface area contributed by atoms with Crippen LogP contribution in [0.2, 0.25) is 0 Å². The maximum Gasteiger partial charge on any atom is 0.229 e. The highest BCUT2D eigenvalue weighted by atomic mass is 32.2. The van der Waals surface area contributed by atoms with Crippen molar-refractivity contribution in [1.82, 2.24) is 19.7 Å². The number of fused-ring (bicyclic) bond motifs is 2. The summed E-state index contributed by atoms with van der Waals surface area (Å²) in [6, 6.07) is 13.3. The Morgan fingerprint density at radius 3 is 2.52 bits per heavy atom. The van der Waals surface area contributed by atoms with Crippen LogP contribution in [0.15, 0.2) is 76.2 Å². The first-order chi connectivity index (χ1) is 21.0. The summed E-state index contributed by atoms with van der Waals surface area (Å²) in [4.78, 5) is 22.3. The minimum Gasteiger partial charge on any atom is -0.495 e. The summed E-state index contributed by atoms with van der Waals surface area (Å²) in [6.45, 7) is 1.69. The second-order valence-electron chi connectivity index (χ2n) is 10.0. The molecule has 0 saturated heterocycles. The first-order valence-electron chi connectivity index (χ1n) is 13.1. The lowest BCUT2D eigenvalue weighted by Crippen LogP contribution is -2.17. The highest BCUT2D eigenvalue weighted by molar-refractivity contribution is 7.92. The molecule has 0 aliphatic rings. The van der Waals surface area contributed by atoms with E-state index in [1.807, 2.05) is 0 Å². The molecule has 224 valence electrons. The van der Waals surface area contributed by atoms with Crippen molar-refractivity contribution in [3.05, 3.63) is 94.6 Å². The maximum atomic E-state index is 14.9. The zero-order chi connectivity index (χ0) is 31.3. The molecule has 3 heterocycles. The second-order valence-corrected chi connectivity index (χ2v) is 11.8. The van der Waals surface area contributed by atoms with Gasteiger partial charge in [0.15, 0.2) is 5.65 Å². The van der Waals surface area contributed by atoms with Gasteiger partial charge in [0.25, 0.3) is 0 Å². The summed E-state index contributed by atoms with van der Waals surface area (Å²) in [7, 11) is -2.26. The number of benzene rings is 3. The van der Waals surface area contributed by atoms with Crippen molar-refractivity contribution in [2.24, 2.45) is 0 Å². The SMILES string of the molecule is COc1ccc(-c2nn(C(C)c3oc4cccc(F)c4c(=O)c3-c3cccc(F)c3)c3ncnc(N)c23)cc1NS(C)(=O)=O. The van der Waals surface area contributed by atoms with E-state index in [0.717, 1.165) is 18.4 Å². The molecular formula is C30H24F2N6O5S. The van der Waals surface area contributed by atoms with Crippen LogP contribution in [0.1, 0.15) is 18.7 Å². The normalized spacial score (nSPS) is 12.5. The fourth-order valence-electron chi connectivity index (χ4n) is 5.14. The number of anilines is 2. The van der Waals surface area contributed by atoms with Gasteiger partial charge < -0.3 is 14.9 Å². The van der Waals surface area contributed by atoms with Gasteiger partial charge in [-0.25, -0.2) is 31.8 Å². The van der Waals surface area contributed by atoms with Crippen molar-refractivity contribution in [3.63, 3.8) is 0 Å². The Labute approximate surface area is 249 Å². The van der Waals surface area contributed by atoms with Crippen molar-refractivity contribution < 1.29 is 26.4 Å². The lowest BCUT2D eigenvalue weighted by atomic mass is 9.99. The van der Waals surface area contributed by atoms with Crippen molar-refractivity contribution in [3.8, 4) is 28.1 Å². The van der Waals surface area contributed by atoms with Gasteiger partial charge in [-0.15, -0.1) is 0 Å². The molecule has 0 aliphatic heterocycles. The van der Waals surface area contributed by atoms with Crippen molar-refractivity contribution >= 4 is 43.5 Å². The fraction of sp³-hybridized carbons (Fsp3) is 0.133. The molecule has 11 nitrogen and oxygen atoms in total. The van der Waals surface area contributed by atoms with E-state index in [9.17, 15) is 22.0 Å². The van der Waals surface area contributed by atoms with Gasteiger partial charge in [-0.1, -0.05) is 18.2 Å². The third-order valence-corrected chi connectivity index (χ3v) is 7.63. The van der Waals surface area contributed by atoms with Gasteiger partial charge in [0.05, 0.1) is 30.0 Å². The van der Waals surface area contributed by atoms with E-state index in [2.05, 4.69) is 14.7 Å². The number of aromatic nitrogens is 4. The van der Waals surface area contributed by atoms with Gasteiger partial charge in [-0.05, 0) is 55.0 Å². The Kier molecular flexibility index (Phi) is 7.00. The molecular weight excluding hydrogens is 594 g/mol. The average Bonchev–Trinajstić information content (AvgIpc) is 3.37. The summed E-state index contributed by atoms with van der Waals surface area (Å²) in [5.74, 6) is -0.950. The maximum absolute atomic E-state index is 14.9. The molecule has 1 atom stereocenters. The van der Waals surface area contributed by atoms with Crippen LogP contribution in [-0.2, 0) is 10.0 Å². The quantitative estimate of drug-likeness (QED) is 0.248. The molecule has 0 radical (unpaired) electrons. The minimum absolute atomic E-state index is 0.00512. The zero-order valence-corrected chi connectivity index (χ0v) is 24.3. The monoisotopic (exact) mass is 618 g/mol.